The topological polar surface area (TPSA) is 45.2 Å². The summed E-state index contributed by atoms with van der Waals surface area (Å²) in [6, 6.07) is 4.98. The van der Waals surface area contributed by atoms with Crippen LogP contribution in [-0.2, 0) is 4.79 Å². The molecule has 0 radical (unpaired) electrons. The lowest BCUT2D eigenvalue weighted by molar-refractivity contribution is -0.119. The Labute approximate surface area is 98.9 Å². The van der Waals surface area contributed by atoms with E-state index in [1.165, 1.54) is 0 Å². The zero-order chi connectivity index (χ0) is 11.5. The van der Waals surface area contributed by atoms with Gasteiger partial charge in [-0.15, -0.1) is 0 Å². The summed E-state index contributed by atoms with van der Waals surface area (Å²) in [6.07, 6.45) is 4.59. The second-order valence-corrected chi connectivity index (χ2v) is 4.02. The predicted octanol–water partition coefficient (Wildman–Crippen LogP) is 1.89. The third-order valence-electron chi connectivity index (χ3n) is 2.46. The van der Waals surface area contributed by atoms with Crippen molar-refractivity contribution in [2.75, 3.05) is 12.4 Å². The van der Waals surface area contributed by atoms with Gasteiger partial charge in [-0.05, 0) is 24.8 Å². The average Bonchev–Trinajstić information content (AvgIpc) is 2.64. The molecule has 1 amide bonds. The molecule has 1 aromatic heterocycles. The van der Waals surface area contributed by atoms with E-state index in [-0.39, 0.29) is 11.9 Å². The lowest BCUT2D eigenvalue weighted by Crippen LogP contribution is -2.36. The molecule has 0 aromatic carbocycles. The van der Waals surface area contributed by atoms with Crippen LogP contribution in [0.1, 0.15) is 6.42 Å². The third-order valence-corrected chi connectivity index (χ3v) is 2.67. The number of hydrogen-bond donors (Lipinski definition) is 1. The Kier molecular flexibility index (Phi) is 3.10. The van der Waals surface area contributed by atoms with E-state index in [1.54, 1.807) is 18.2 Å². The van der Waals surface area contributed by atoms with E-state index in [4.69, 9.17) is 11.6 Å². The van der Waals surface area contributed by atoms with Crippen LogP contribution >= 0.6 is 11.6 Å². The fourth-order valence-electron chi connectivity index (χ4n) is 1.61. The lowest BCUT2D eigenvalue weighted by atomic mass is 10.2. The molecule has 2 rings (SSSR count). The Morgan fingerprint density at radius 2 is 2.44 bits per heavy atom. The van der Waals surface area contributed by atoms with E-state index in [9.17, 15) is 4.79 Å². The number of carbonyl (C=O) groups is 1. The first-order chi connectivity index (χ1) is 7.66. The summed E-state index contributed by atoms with van der Waals surface area (Å²) >= 11 is 5.73. The molecule has 1 aliphatic rings. The highest BCUT2D eigenvalue weighted by Gasteiger charge is 2.23. The lowest BCUT2D eigenvalue weighted by Gasteiger charge is -2.19. The van der Waals surface area contributed by atoms with E-state index in [0.29, 0.717) is 11.0 Å². The quantitative estimate of drug-likeness (QED) is 0.799. The number of hydrogen-bond acceptors (Lipinski definition) is 3. The smallest absolute Gasteiger partial charge is 0.248 e. The Morgan fingerprint density at radius 1 is 1.62 bits per heavy atom. The first-order valence-corrected chi connectivity index (χ1v) is 5.36. The standard InChI is InChI=1S/C11H12ClN3O/c1-15-7-3-4-8(15)11(16)14-10-6-2-5-9(12)13-10/h2-3,5-8H,4H2,1H3,(H,13,14,16). The second kappa shape index (κ2) is 4.53. The zero-order valence-corrected chi connectivity index (χ0v) is 9.61. The molecule has 1 atom stereocenters. The van der Waals surface area contributed by atoms with Crippen molar-refractivity contribution < 1.29 is 4.79 Å². The first kappa shape index (κ1) is 11.0. The monoisotopic (exact) mass is 237 g/mol. The number of likely N-dealkylation sites (N-methyl/N-ethyl adjacent to an activating group) is 1. The molecule has 1 aliphatic heterocycles. The number of pyridine rings is 1. The molecular weight excluding hydrogens is 226 g/mol. The summed E-state index contributed by atoms with van der Waals surface area (Å²) in [5, 5.41) is 3.11. The van der Waals surface area contributed by atoms with Gasteiger partial charge in [-0.2, -0.15) is 0 Å². The maximum atomic E-state index is 11.9. The molecule has 1 aromatic rings. The van der Waals surface area contributed by atoms with Gasteiger partial charge in [-0.3, -0.25) is 4.79 Å². The second-order valence-electron chi connectivity index (χ2n) is 3.64. The fraction of sp³-hybridized carbons (Fsp3) is 0.273. The van der Waals surface area contributed by atoms with Crippen LogP contribution in [0.15, 0.2) is 30.5 Å². The van der Waals surface area contributed by atoms with Crippen molar-refractivity contribution in [3.63, 3.8) is 0 Å². The predicted molar refractivity (Wildman–Crippen MR) is 63.2 cm³/mol. The van der Waals surface area contributed by atoms with Gasteiger partial charge < -0.3 is 10.2 Å². The van der Waals surface area contributed by atoms with Crippen LogP contribution in [0, 0.1) is 0 Å². The highest BCUT2D eigenvalue weighted by atomic mass is 35.5. The van der Waals surface area contributed by atoms with Gasteiger partial charge in [0.1, 0.15) is 17.0 Å². The molecule has 2 heterocycles. The summed E-state index contributed by atoms with van der Waals surface area (Å²) in [5.41, 5.74) is 0. The van der Waals surface area contributed by atoms with Gasteiger partial charge in [0, 0.05) is 7.05 Å². The number of aromatic nitrogens is 1. The normalized spacial score (nSPS) is 18.9. The average molecular weight is 238 g/mol. The Bertz CT molecular complexity index is 433. The molecule has 16 heavy (non-hydrogen) atoms. The molecular formula is C11H12ClN3O. The third kappa shape index (κ3) is 2.33. The molecule has 1 unspecified atom stereocenters. The van der Waals surface area contributed by atoms with E-state index in [2.05, 4.69) is 10.3 Å². The van der Waals surface area contributed by atoms with E-state index < -0.39 is 0 Å². The van der Waals surface area contributed by atoms with Gasteiger partial charge in [0.25, 0.3) is 0 Å². The van der Waals surface area contributed by atoms with Gasteiger partial charge in [-0.1, -0.05) is 23.7 Å². The maximum absolute atomic E-state index is 11.9. The number of nitrogens with zero attached hydrogens (tertiary/aromatic N) is 2. The van der Waals surface area contributed by atoms with E-state index in [1.807, 2.05) is 24.2 Å². The van der Waals surface area contributed by atoms with Crippen molar-refractivity contribution in [2.45, 2.75) is 12.5 Å². The van der Waals surface area contributed by atoms with Crippen molar-refractivity contribution in [3.8, 4) is 0 Å². The van der Waals surface area contributed by atoms with Crippen LogP contribution in [0.5, 0.6) is 0 Å². The molecule has 4 nitrogen and oxygen atoms in total. The van der Waals surface area contributed by atoms with Crippen molar-refractivity contribution in [3.05, 3.63) is 35.6 Å². The van der Waals surface area contributed by atoms with Gasteiger partial charge in [0.05, 0.1) is 0 Å². The van der Waals surface area contributed by atoms with Gasteiger partial charge >= 0.3 is 0 Å². The molecule has 0 saturated heterocycles. The van der Waals surface area contributed by atoms with E-state index >= 15 is 0 Å². The number of rotatable bonds is 2. The molecule has 0 saturated carbocycles. The molecule has 0 spiro atoms. The van der Waals surface area contributed by atoms with Crippen molar-refractivity contribution in [2.24, 2.45) is 0 Å². The van der Waals surface area contributed by atoms with Crippen molar-refractivity contribution >= 4 is 23.3 Å². The summed E-state index contributed by atoms with van der Waals surface area (Å²) in [7, 11) is 1.87. The largest absolute Gasteiger partial charge is 0.369 e. The van der Waals surface area contributed by atoms with Crippen molar-refractivity contribution in [1.29, 1.82) is 0 Å². The molecule has 0 aliphatic carbocycles. The summed E-state index contributed by atoms with van der Waals surface area (Å²) in [4.78, 5) is 17.7. The molecule has 1 N–H and O–H groups in total. The maximum Gasteiger partial charge on any atom is 0.248 e. The van der Waals surface area contributed by atoms with Crippen LogP contribution < -0.4 is 5.32 Å². The van der Waals surface area contributed by atoms with E-state index in [0.717, 1.165) is 6.42 Å². The minimum absolute atomic E-state index is 0.0673. The fourth-order valence-corrected chi connectivity index (χ4v) is 1.77. The van der Waals surface area contributed by atoms with Crippen LogP contribution in [0.25, 0.3) is 0 Å². The molecule has 84 valence electrons. The minimum atomic E-state index is -0.152. The minimum Gasteiger partial charge on any atom is -0.369 e. The number of anilines is 1. The highest BCUT2D eigenvalue weighted by molar-refractivity contribution is 6.29. The zero-order valence-electron chi connectivity index (χ0n) is 8.85. The van der Waals surface area contributed by atoms with Gasteiger partial charge in [0.15, 0.2) is 0 Å². The number of halogens is 1. The summed E-state index contributed by atoms with van der Waals surface area (Å²) in [6.45, 7) is 0. The number of nitrogens with one attached hydrogen (secondary N) is 1. The molecule has 5 heteroatoms. The summed E-state index contributed by atoms with van der Waals surface area (Å²) in [5.74, 6) is 0.417. The first-order valence-electron chi connectivity index (χ1n) is 4.99. The number of amides is 1. The Balaban J connectivity index is 2.02. The Morgan fingerprint density at radius 3 is 3.06 bits per heavy atom. The van der Waals surface area contributed by atoms with Crippen LogP contribution in [0.2, 0.25) is 5.15 Å². The summed E-state index contributed by atoms with van der Waals surface area (Å²) < 4.78 is 0. The van der Waals surface area contributed by atoms with Gasteiger partial charge in [0.2, 0.25) is 5.91 Å². The SMILES string of the molecule is CN1C=CCC1C(=O)Nc1cccc(Cl)n1. The van der Waals surface area contributed by atoms with Crippen LogP contribution in [0.4, 0.5) is 5.82 Å². The van der Waals surface area contributed by atoms with Crippen LogP contribution in [-0.4, -0.2) is 28.9 Å². The van der Waals surface area contributed by atoms with Crippen molar-refractivity contribution in [1.82, 2.24) is 9.88 Å². The van der Waals surface area contributed by atoms with Crippen LogP contribution in [0.3, 0.4) is 0 Å². The Hall–Kier alpha value is -1.55. The van der Waals surface area contributed by atoms with Gasteiger partial charge in [-0.25, -0.2) is 4.98 Å². The highest BCUT2D eigenvalue weighted by Crippen LogP contribution is 2.15. The number of carbonyl (C=O) groups excluding carboxylic acids is 1. The molecule has 0 fully saturated rings. The molecule has 0 bridgehead atoms.